The fourth-order valence-electron chi connectivity index (χ4n) is 4.26. The molecule has 1 spiro atoms. The lowest BCUT2D eigenvalue weighted by Gasteiger charge is -2.25. The van der Waals surface area contributed by atoms with Crippen molar-refractivity contribution in [2.45, 2.75) is 45.3 Å². The number of ether oxygens (including phenoxy) is 1. The maximum Gasteiger partial charge on any atom is 0.407 e. The van der Waals surface area contributed by atoms with E-state index in [0.29, 0.717) is 26.1 Å². The number of nitrogens with zero attached hydrogens (tertiary/aromatic N) is 2. The fraction of sp³-hybridized carbons (Fsp3) is 0.500. The number of hydrogen-bond donors (Lipinski definition) is 2. The van der Waals surface area contributed by atoms with Crippen molar-refractivity contribution in [3.05, 3.63) is 30.0 Å². The number of carbonyl (C=O) groups is 2. The van der Waals surface area contributed by atoms with Gasteiger partial charge in [-0.3, -0.25) is 0 Å². The number of benzene rings is 1. The molecule has 7 nitrogen and oxygen atoms in total. The van der Waals surface area contributed by atoms with Gasteiger partial charge in [-0.15, -0.1) is 0 Å². The Labute approximate surface area is 158 Å². The van der Waals surface area contributed by atoms with Crippen molar-refractivity contribution in [1.82, 2.24) is 14.8 Å². The highest BCUT2D eigenvalue weighted by Crippen LogP contribution is 2.30. The summed E-state index contributed by atoms with van der Waals surface area (Å²) in [6.45, 7) is 6.93. The van der Waals surface area contributed by atoms with Gasteiger partial charge in [0.1, 0.15) is 5.60 Å². The third-order valence-electron chi connectivity index (χ3n) is 5.73. The maximum atomic E-state index is 12.7. The Kier molecular flexibility index (Phi) is 4.45. The van der Waals surface area contributed by atoms with Gasteiger partial charge >= 0.3 is 12.1 Å². The molecule has 0 aliphatic carbocycles. The Morgan fingerprint density at radius 3 is 2.89 bits per heavy atom. The molecule has 1 aromatic heterocycles. The minimum atomic E-state index is -0.453. The lowest BCUT2D eigenvalue weighted by atomic mass is 9.95. The third-order valence-corrected chi connectivity index (χ3v) is 5.73. The monoisotopic (exact) mass is 370 g/mol. The van der Waals surface area contributed by atoms with Crippen LogP contribution in [0.2, 0.25) is 0 Å². The third kappa shape index (κ3) is 3.34. The summed E-state index contributed by atoms with van der Waals surface area (Å²) in [5.74, 6) is 0. The molecule has 2 fully saturated rings. The largest absolute Gasteiger partial charge is 0.441 e. The number of aryl methyl sites for hydroxylation is 2. The molecular weight excluding hydrogens is 344 g/mol. The van der Waals surface area contributed by atoms with E-state index in [1.54, 1.807) is 0 Å². The molecule has 3 heterocycles. The summed E-state index contributed by atoms with van der Waals surface area (Å²) >= 11 is 0. The standard InChI is InChI=1S/C20H26N4O3/c1-3-24-14(2)11-15-12-16(5-6-17(15)24)22-18(25)23-9-4-7-20(8-10-23)13-21-19(26)27-20/h5-6,11-12H,3-4,7-10,13H2,1-2H3,(H,21,26)(H,22,25). The van der Waals surface area contributed by atoms with Crippen LogP contribution in [0.5, 0.6) is 0 Å². The number of amides is 3. The second-order valence-electron chi connectivity index (χ2n) is 7.50. The van der Waals surface area contributed by atoms with Crippen molar-refractivity contribution in [2.75, 3.05) is 25.0 Å². The molecule has 2 N–H and O–H groups in total. The summed E-state index contributed by atoms with van der Waals surface area (Å²) in [6.07, 6.45) is 1.91. The minimum absolute atomic E-state index is 0.102. The van der Waals surface area contributed by atoms with Gasteiger partial charge in [0, 0.05) is 48.3 Å². The minimum Gasteiger partial charge on any atom is -0.441 e. The summed E-state index contributed by atoms with van der Waals surface area (Å²) in [6, 6.07) is 8.08. The van der Waals surface area contributed by atoms with E-state index in [1.165, 1.54) is 11.2 Å². The molecule has 2 saturated heterocycles. The second kappa shape index (κ2) is 6.79. The van der Waals surface area contributed by atoms with Crippen LogP contribution in [0, 0.1) is 6.92 Å². The van der Waals surface area contributed by atoms with Crippen LogP contribution in [0.1, 0.15) is 31.9 Å². The molecule has 0 saturated carbocycles. The van der Waals surface area contributed by atoms with Gasteiger partial charge in [0.2, 0.25) is 0 Å². The normalized spacial score (nSPS) is 22.6. The molecular formula is C20H26N4O3. The van der Waals surface area contributed by atoms with Crippen LogP contribution in [-0.4, -0.2) is 46.8 Å². The molecule has 0 radical (unpaired) electrons. The topological polar surface area (TPSA) is 75.6 Å². The number of alkyl carbamates (subject to hydrolysis) is 1. The maximum absolute atomic E-state index is 12.7. The van der Waals surface area contributed by atoms with Crippen LogP contribution >= 0.6 is 0 Å². The van der Waals surface area contributed by atoms with E-state index in [2.05, 4.69) is 41.2 Å². The van der Waals surface area contributed by atoms with Crippen LogP contribution in [0.25, 0.3) is 10.9 Å². The molecule has 27 heavy (non-hydrogen) atoms. The summed E-state index contributed by atoms with van der Waals surface area (Å²) in [5, 5.41) is 6.89. The fourth-order valence-corrected chi connectivity index (χ4v) is 4.26. The first-order valence-electron chi connectivity index (χ1n) is 9.62. The first kappa shape index (κ1) is 17.7. The molecule has 144 valence electrons. The molecule has 3 amide bonds. The van der Waals surface area contributed by atoms with Crippen LogP contribution in [0.3, 0.4) is 0 Å². The van der Waals surface area contributed by atoms with Crippen molar-refractivity contribution < 1.29 is 14.3 Å². The SMILES string of the molecule is CCn1c(C)cc2cc(NC(=O)N3CCCC4(CC3)CNC(=O)O4)ccc21. The lowest BCUT2D eigenvalue weighted by molar-refractivity contribution is 0.0454. The quantitative estimate of drug-likeness (QED) is 0.850. The summed E-state index contributed by atoms with van der Waals surface area (Å²) < 4.78 is 7.73. The molecule has 0 bridgehead atoms. The van der Waals surface area contributed by atoms with Crippen molar-refractivity contribution in [2.24, 2.45) is 0 Å². The summed E-state index contributed by atoms with van der Waals surface area (Å²) in [4.78, 5) is 26.0. The molecule has 7 heteroatoms. The molecule has 1 aromatic carbocycles. The van der Waals surface area contributed by atoms with Gasteiger partial charge in [-0.05, 0) is 51.0 Å². The number of carbonyl (C=O) groups excluding carboxylic acids is 2. The van der Waals surface area contributed by atoms with E-state index in [-0.39, 0.29) is 12.1 Å². The number of nitrogens with one attached hydrogen (secondary N) is 2. The Morgan fingerprint density at radius 2 is 2.15 bits per heavy atom. The lowest BCUT2D eigenvalue weighted by Crippen LogP contribution is -2.38. The van der Waals surface area contributed by atoms with Gasteiger partial charge < -0.3 is 24.8 Å². The molecule has 2 aliphatic heterocycles. The van der Waals surface area contributed by atoms with E-state index >= 15 is 0 Å². The van der Waals surface area contributed by atoms with Crippen molar-refractivity contribution in [3.63, 3.8) is 0 Å². The number of anilines is 1. The Balaban J connectivity index is 1.44. The van der Waals surface area contributed by atoms with Crippen LogP contribution in [0.4, 0.5) is 15.3 Å². The second-order valence-corrected chi connectivity index (χ2v) is 7.50. The van der Waals surface area contributed by atoms with Crippen LogP contribution in [0.15, 0.2) is 24.3 Å². The first-order chi connectivity index (χ1) is 13.0. The van der Waals surface area contributed by atoms with Crippen molar-refractivity contribution >= 4 is 28.7 Å². The molecule has 1 unspecified atom stereocenters. The van der Waals surface area contributed by atoms with Crippen LogP contribution in [-0.2, 0) is 11.3 Å². The highest BCUT2D eigenvalue weighted by molar-refractivity contribution is 5.93. The van der Waals surface area contributed by atoms with Gasteiger partial charge in [-0.2, -0.15) is 0 Å². The number of likely N-dealkylation sites (tertiary alicyclic amines) is 1. The zero-order valence-electron chi connectivity index (χ0n) is 15.9. The zero-order chi connectivity index (χ0) is 19.0. The van der Waals surface area contributed by atoms with Gasteiger partial charge in [0.05, 0.1) is 6.54 Å². The summed E-state index contributed by atoms with van der Waals surface area (Å²) in [7, 11) is 0. The zero-order valence-corrected chi connectivity index (χ0v) is 15.9. The Hall–Kier alpha value is -2.70. The van der Waals surface area contributed by atoms with E-state index < -0.39 is 5.60 Å². The van der Waals surface area contributed by atoms with E-state index in [9.17, 15) is 9.59 Å². The first-order valence-corrected chi connectivity index (χ1v) is 9.62. The Bertz CT molecular complexity index is 891. The summed E-state index contributed by atoms with van der Waals surface area (Å²) in [5.41, 5.74) is 2.74. The van der Waals surface area contributed by atoms with E-state index in [1.807, 2.05) is 17.0 Å². The highest BCUT2D eigenvalue weighted by atomic mass is 16.6. The van der Waals surface area contributed by atoms with Gasteiger partial charge in [0.15, 0.2) is 0 Å². The van der Waals surface area contributed by atoms with Crippen molar-refractivity contribution in [1.29, 1.82) is 0 Å². The number of rotatable bonds is 2. The predicted molar refractivity (Wildman–Crippen MR) is 104 cm³/mol. The molecule has 4 rings (SSSR count). The van der Waals surface area contributed by atoms with Gasteiger partial charge in [-0.1, -0.05) is 0 Å². The number of fused-ring (bicyclic) bond motifs is 1. The number of hydrogen-bond acceptors (Lipinski definition) is 3. The van der Waals surface area contributed by atoms with Gasteiger partial charge in [-0.25, -0.2) is 9.59 Å². The average molecular weight is 370 g/mol. The Morgan fingerprint density at radius 1 is 1.30 bits per heavy atom. The van der Waals surface area contributed by atoms with E-state index in [4.69, 9.17) is 4.74 Å². The molecule has 1 atom stereocenters. The average Bonchev–Trinajstić information content (AvgIpc) is 3.07. The molecule has 2 aliphatic rings. The van der Waals surface area contributed by atoms with Crippen molar-refractivity contribution in [3.8, 4) is 0 Å². The van der Waals surface area contributed by atoms with Gasteiger partial charge in [0.25, 0.3) is 0 Å². The number of urea groups is 1. The molecule has 2 aromatic rings. The smallest absolute Gasteiger partial charge is 0.407 e. The predicted octanol–water partition coefficient (Wildman–Crippen LogP) is 3.47. The van der Waals surface area contributed by atoms with Crippen LogP contribution < -0.4 is 10.6 Å². The highest BCUT2D eigenvalue weighted by Gasteiger charge is 2.41. The number of aromatic nitrogens is 1. The van der Waals surface area contributed by atoms with E-state index in [0.717, 1.165) is 30.5 Å².